The Labute approximate surface area is 72.2 Å². The third-order valence-corrected chi connectivity index (χ3v) is 1.82. The fourth-order valence-corrected chi connectivity index (χ4v) is 0.887. The summed E-state index contributed by atoms with van der Waals surface area (Å²) in [5, 5.41) is 8.95. The lowest BCUT2D eigenvalue weighted by atomic mass is 10.00. The zero-order valence-corrected chi connectivity index (χ0v) is 7.41. The molecule has 0 saturated carbocycles. The van der Waals surface area contributed by atoms with Gasteiger partial charge in [-0.05, 0) is 25.5 Å². The second-order valence-electron chi connectivity index (χ2n) is 3.30. The molecule has 0 aliphatic carbocycles. The van der Waals surface area contributed by atoms with Crippen LogP contribution in [0, 0.1) is 6.92 Å². The molecule has 0 radical (unpaired) electrons. The summed E-state index contributed by atoms with van der Waals surface area (Å²) in [5.74, 6) is 0. The fourth-order valence-electron chi connectivity index (χ4n) is 0.887. The quantitative estimate of drug-likeness (QED) is 0.674. The molecule has 3 heteroatoms. The molecular formula is C9H14N2O. The van der Waals surface area contributed by atoms with Crippen LogP contribution in [0.3, 0.4) is 0 Å². The SMILES string of the molecule is Cc1ccc(C(C)(N)CO)nc1. The lowest BCUT2D eigenvalue weighted by molar-refractivity contribution is 0.206. The maximum atomic E-state index is 8.95. The van der Waals surface area contributed by atoms with Crippen molar-refractivity contribution in [2.24, 2.45) is 5.73 Å². The van der Waals surface area contributed by atoms with Crippen LogP contribution in [-0.2, 0) is 5.54 Å². The predicted molar refractivity (Wildman–Crippen MR) is 47.6 cm³/mol. The van der Waals surface area contributed by atoms with Crippen molar-refractivity contribution in [2.45, 2.75) is 19.4 Å². The maximum Gasteiger partial charge on any atom is 0.0789 e. The second kappa shape index (κ2) is 3.21. The molecule has 1 heterocycles. The van der Waals surface area contributed by atoms with Gasteiger partial charge in [-0.1, -0.05) is 6.07 Å². The molecule has 1 unspecified atom stereocenters. The van der Waals surface area contributed by atoms with Gasteiger partial charge in [0.1, 0.15) is 0 Å². The molecule has 1 aromatic heterocycles. The van der Waals surface area contributed by atoms with E-state index in [1.54, 1.807) is 13.1 Å². The Bertz CT molecular complexity index is 254. The minimum Gasteiger partial charge on any atom is -0.394 e. The van der Waals surface area contributed by atoms with Crippen molar-refractivity contribution in [1.29, 1.82) is 0 Å². The number of aliphatic hydroxyl groups is 1. The van der Waals surface area contributed by atoms with Crippen LogP contribution in [0.15, 0.2) is 18.3 Å². The van der Waals surface area contributed by atoms with Crippen molar-refractivity contribution >= 4 is 0 Å². The summed E-state index contributed by atoms with van der Waals surface area (Å²) in [4.78, 5) is 4.14. The van der Waals surface area contributed by atoms with Crippen LogP contribution >= 0.6 is 0 Å². The Morgan fingerprint density at radius 3 is 2.67 bits per heavy atom. The maximum absolute atomic E-state index is 8.95. The summed E-state index contributed by atoms with van der Waals surface area (Å²) < 4.78 is 0. The van der Waals surface area contributed by atoms with Gasteiger partial charge in [0.25, 0.3) is 0 Å². The summed E-state index contributed by atoms with van der Waals surface area (Å²) in [6, 6.07) is 3.77. The van der Waals surface area contributed by atoms with Crippen molar-refractivity contribution in [1.82, 2.24) is 4.98 Å². The van der Waals surface area contributed by atoms with Crippen LogP contribution in [0.4, 0.5) is 0 Å². The molecule has 0 bridgehead atoms. The number of nitrogens with two attached hydrogens (primary N) is 1. The minimum atomic E-state index is -0.728. The molecule has 0 amide bonds. The van der Waals surface area contributed by atoms with Gasteiger partial charge in [0.2, 0.25) is 0 Å². The average molecular weight is 166 g/mol. The summed E-state index contributed by atoms with van der Waals surface area (Å²) in [6.07, 6.45) is 1.75. The molecule has 66 valence electrons. The first kappa shape index (κ1) is 9.16. The van der Waals surface area contributed by atoms with Crippen molar-refractivity contribution < 1.29 is 5.11 Å². The smallest absolute Gasteiger partial charge is 0.0789 e. The molecule has 0 aliphatic heterocycles. The van der Waals surface area contributed by atoms with E-state index in [2.05, 4.69) is 4.98 Å². The van der Waals surface area contributed by atoms with E-state index in [1.807, 2.05) is 19.1 Å². The number of nitrogens with zero attached hydrogens (tertiary/aromatic N) is 1. The normalized spacial score (nSPS) is 15.7. The first-order valence-electron chi connectivity index (χ1n) is 3.89. The first-order chi connectivity index (χ1) is 5.56. The van der Waals surface area contributed by atoms with E-state index < -0.39 is 5.54 Å². The van der Waals surface area contributed by atoms with E-state index in [4.69, 9.17) is 10.8 Å². The molecule has 0 spiro atoms. The van der Waals surface area contributed by atoms with Gasteiger partial charge in [0, 0.05) is 6.20 Å². The Balaban J connectivity index is 2.96. The first-order valence-corrected chi connectivity index (χ1v) is 3.89. The highest BCUT2D eigenvalue weighted by Gasteiger charge is 2.20. The zero-order chi connectivity index (χ0) is 9.19. The minimum absolute atomic E-state index is 0.0942. The lowest BCUT2D eigenvalue weighted by Gasteiger charge is -2.20. The third-order valence-electron chi connectivity index (χ3n) is 1.82. The van der Waals surface area contributed by atoms with E-state index in [-0.39, 0.29) is 6.61 Å². The van der Waals surface area contributed by atoms with Crippen molar-refractivity contribution in [3.05, 3.63) is 29.6 Å². The molecule has 1 atom stereocenters. The number of hydrogen-bond donors (Lipinski definition) is 2. The molecule has 3 nitrogen and oxygen atoms in total. The van der Waals surface area contributed by atoms with Gasteiger partial charge in [-0.3, -0.25) is 4.98 Å². The number of rotatable bonds is 2. The molecule has 0 fully saturated rings. The lowest BCUT2D eigenvalue weighted by Crippen LogP contribution is -2.37. The van der Waals surface area contributed by atoms with Gasteiger partial charge in [-0.25, -0.2) is 0 Å². The van der Waals surface area contributed by atoms with Crippen LogP contribution in [0.25, 0.3) is 0 Å². The highest BCUT2D eigenvalue weighted by molar-refractivity contribution is 5.18. The van der Waals surface area contributed by atoms with Crippen LogP contribution in [-0.4, -0.2) is 16.7 Å². The van der Waals surface area contributed by atoms with E-state index in [0.717, 1.165) is 11.3 Å². The molecule has 1 rings (SSSR count). The topological polar surface area (TPSA) is 59.1 Å². The molecule has 0 saturated heterocycles. The molecule has 1 aromatic rings. The average Bonchev–Trinajstić information content (AvgIpc) is 2.05. The van der Waals surface area contributed by atoms with Crippen LogP contribution in [0.5, 0.6) is 0 Å². The molecule has 3 N–H and O–H groups in total. The van der Waals surface area contributed by atoms with E-state index in [9.17, 15) is 0 Å². The Hall–Kier alpha value is -0.930. The van der Waals surface area contributed by atoms with Crippen molar-refractivity contribution in [3.63, 3.8) is 0 Å². The number of pyridine rings is 1. The number of hydrogen-bond acceptors (Lipinski definition) is 3. The Kier molecular flexibility index (Phi) is 2.45. The highest BCUT2D eigenvalue weighted by atomic mass is 16.3. The van der Waals surface area contributed by atoms with Gasteiger partial charge in [0.05, 0.1) is 17.8 Å². The van der Waals surface area contributed by atoms with Crippen molar-refractivity contribution in [2.75, 3.05) is 6.61 Å². The molecule has 0 aromatic carbocycles. The Morgan fingerprint density at radius 1 is 1.58 bits per heavy atom. The van der Waals surface area contributed by atoms with E-state index in [0.29, 0.717) is 0 Å². The standard InChI is InChI=1S/C9H14N2O/c1-7-3-4-8(11-5-7)9(2,10)6-12/h3-5,12H,6,10H2,1-2H3. The van der Waals surface area contributed by atoms with Crippen LogP contribution in [0.1, 0.15) is 18.2 Å². The summed E-state index contributed by atoms with van der Waals surface area (Å²) in [6.45, 7) is 3.62. The summed E-state index contributed by atoms with van der Waals surface area (Å²) >= 11 is 0. The fraction of sp³-hybridized carbons (Fsp3) is 0.444. The molecule has 0 aliphatic rings. The summed E-state index contributed by atoms with van der Waals surface area (Å²) in [5.41, 5.74) is 6.85. The van der Waals surface area contributed by atoms with Gasteiger partial charge in [-0.15, -0.1) is 0 Å². The monoisotopic (exact) mass is 166 g/mol. The molecule has 12 heavy (non-hydrogen) atoms. The molecular weight excluding hydrogens is 152 g/mol. The largest absolute Gasteiger partial charge is 0.394 e. The zero-order valence-electron chi connectivity index (χ0n) is 7.41. The summed E-state index contributed by atoms with van der Waals surface area (Å²) in [7, 11) is 0. The number of aliphatic hydroxyl groups excluding tert-OH is 1. The van der Waals surface area contributed by atoms with Crippen molar-refractivity contribution in [3.8, 4) is 0 Å². The van der Waals surface area contributed by atoms with Gasteiger partial charge >= 0.3 is 0 Å². The number of aryl methyl sites for hydroxylation is 1. The van der Waals surface area contributed by atoms with Gasteiger partial charge in [-0.2, -0.15) is 0 Å². The van der Waals surface area contributed by atoms with Gasteiger partial charge in [0.15, 0.2) is 0 Å². The van der Waals surface area contributed by atoms with Crippen LogP contribution in [0.2, 0.25) is 0 Å². The Morgan fingerprint density at radius 2 is 2.25 bits per heavy atom. The van der Waals surface area contributed by atoms with E-state index >= 15 is 0 Å². The number of aromatic nitrogens is 1. The second-order valence-corrected chi connectivity index (χ2v) is 3.30. The van der Waals surface area contributed by atoms with Gasteiger partial charge < -0.3 is 10.8 Å². The predicted octanol–water partition coefficient (Wildman–Crippen LogP) is 0.556. The third kappa shape index (κ3) is 1.81. The van der Waals surface area contributed by atoms with Crippen LogP contribution < -0.4 is 5.73 Å². The highest BCUT2D eigenvalue weighted by Crippen LogP contribution is 2.13. The van der Waals surface area contributed by atoms with E-state index in [1.165, 1.54) is 0 Å².